The second-order valence-corrected chi connectivity index (χ2v) is 10.7. The summed E-state index contributed by atoms with van der Waals surface area (Å²) in [6, 6.07) is 25.3. The zero-order valence-electron chi connectivity index (χ0n) is 21.3. The zero-order valence-corrected chi connectivity index (χ0v) is 24.4. The molecule has 4 aromatic carbocycles. The molecule has 0 radical (unpaired) electrons. The van der Waals surface area contributed by atoms with E-state index in [4.69, 9.17) is 32.7 Å². The van der Waals surface area contributed by atoms with E-state index in [1.54, 1.807) is 48.5 Å². The van der Waals surface area contributed by atoms with E-state index in [2.05, 4.69) is 21.2 Å². The summed E-state index contributed by atoms with van der Waals surface area (Å²) >= 11 is 15.8. The fraction of sp³-hybridized carbons (Fsp3) is 0.0645. The molecule has 1 aliphatic rings. The number of benzene rings is 4. The van der Waals surface area contributed by atoms with Crippen LogP contribution in [0.3, 0.4) is 0 Å². The highest BCUT2D eigenvalue weighted by Gasteiger charge is 2.37. The Labute approximate surface area is 254 Å². The lowest BCUT2D eigenvalue weighted by Gasteiger charge is -2.26. The molecule has 7 nitrogen and oxygen atoms in total. The normalized spacial score (nSPS) is 14.3. The highest BCUT2D eigenvalue weighted by Crippen LogP contribution is 2.29. The van der Waals surface area contributed by atoms with E-state index in [9.17, 15) is 14.4 Å². The predicted octanol–water partition coefficient (Wildman–Crippen LogP) is 7.58. The van der Waals surface area contributed by atoms with E-state index in [-0.39, 0.29) is 24.5 Å². The zero-order chi connectivity index (χ0) is 28.9. The average molecular weight is 652 g/mol. The van der Waals surface area contributed by atoms with Gasteiger partial charge < -0.3 is 9.47 Å². The number of ether oxygens (including phenoxy) is 2. The van der Waals surface area contributed by atoms with Crippen LogP contribution in [0.5, 0.6) is 11.5 Å². The third kappa shape index (κ3) is 6.79. The molecule has 41 heavy (non-hydrogen) atoms. The van der Waals surface area contributed by atoms with Gasteiger partial charge in [-0.05, 0) is 72.3 Å². The lowest BCUT2D eigenvalue weighted by molar-refractivity contribution is -0.122. The van der Waals surface area contributed by atoms with Crippen molar-refractivity contribution >= 4 is 68.7 Å². The molecule has 1 N–H and O–H groups in total. The van der Waals surface area contributed by atoms with Crippen molar-refractivity contribution in [1.82, 2.24) is 5.32 Å². The van der Waals surface area contributed by atoms with Gasteiger partial charge in [0, 0.05) is 25.6 Å². The van der Waals surface area contributed by atoms with Gasteiger partial charge in [-0.2, -0.15) is 0 Å². The first-order valence-corrected chi connectivity index (χ1v) is 13.9. The summed E-state index contributed by atoms with van der Waals surface area (Å²) in [5.41, 5.74) is 2.15. The number of imide groups is 2. The van der Waals surface area contributed by atoms with Crippen molar-refractivity contribution in [2.45, 2.75) is 13.2 Å². The van der Waals surface area contributed by atoms with E-state index >= 15 is 0 Å². The summed E-state index contributed by atoms with van der Waals surface area (Å²) in [6.07, 6.45) is 1.36. The summed E-state index contributed by atoms with van der Waals surface area (Å²) in [5, 5.41) is 3.20. The second-order valence-electron chi connectivity index (χ2n) is 8.93. The molecule has 1 heterocycles. The number of barbiturate groups is 1. The number of urea groups is 1. The Morgan fingerprint density at radius 3 is 2.29 bits per heavy atom. The average Bonchev–Trinajstić information content (AvgIpc) is 2.96. The van der Waals surface area contributed by atoms with Crippen LogP contribution in [0.4, 0.5) is 10.5 Å². The van der Waals surface area contributed by atoms with Crippen LogP contribution in [0.2, 0.25) is 10.0 Å². The Balaban J connectivity index is 1.36. The minimum absolute atomic E-state index is 0.245. The van der Waals surface area contributed by atoms with Crippen molar-refractivity contribution in [2.75, 3.05) is 4.90 Å². The molecule has 0 saturated carbocycles. The number of carbonyl (C=O) groups excluding carboxylic acids is 3. The first-order valence-electron chi connectivity index (χ1n) is 12.3. The number of nitrogens with one attached hydrogen (secondary N) is 1. The van der Waals surface area contributed by atoms with Crippen molar-refractivity contribution in [2.24, 2.45) is 0 Å². The summed E-state index contributed by atoms with van der Waals surface area (Å²) in [6.45, 7) is 0.496. The van der Waals surface area contributed by atoms with E-state index in [0.717, 1.165) is 20.5 Å². The summed E-state index contributed by atoms with van der Waals surface area (Å²) in [7, 11) is 0. The van der Waals surface area contributed by atoms with Gasteiger partial charge in [-0.25, -0.2) is 9.69 Å². The number of carbonyl (C=O) groups is 3. The summed E-state index contributed by atoms with van der Waals surface area (Å²) in [5.74, 6) is -0.692. The number of amides is 4. The molecule has 0 bridgehead atoms. The Morgan fingerprint density at radius 2 is 1.56 bits per heavy atom. The van der Waals surface area contributed by atoms with Crippen LogP contribution < -0.4 is 19.7 Å². The molecular formula is C31H21BrCl2N2O5. The van der Waals surface area contributed by atoms with Gasteiger partial charge in [0.15, 0.2) is 0 Å². The van der Waals surface area contributed by atoms with Crippen LogP contribution in [-0.2, 0) is 22.8 Å². The highest BCUT2D eigenvalue weighted by molar-refractivity contribution is 9.10. The van der Waals surface area contributed by atoms with E-state index in [0.29, 0.717) is 27.1 Å². The van der Waals surface area contributed by atoms with Crippen LogP contribution in [0.1, 0.15) is 16.7 Å². The van der Waals surface area contributed by atoms with Crippen molar-refractivity contribution in [3.63, 3.8) is 0 Å². The Bertz CT molecular complexity index is 1660. The maximum absolute atomic E-state index is 13.4. The molecule has 0 aromatic heterocycles. The van der Waals surface area contributed by atoms with Crippen LogP contribution >= 0.6 is 39.1 Å². The quantitative estimate of drug-likeness (QED) is 0.157. The molecule has 0 atom stereocenters. The number of rotatable bonds is 8. The topological polar surface area (TPSA) is 84.9 Å². The van der Waals surface area contributed by atoms with Gasteiger partial charge in [0.05, 0.1) is 5.69 Å². The first kappa shape index (κ1) is 28.4. The van der Waals surface area contributed by atoms with Crippen molar-refractivity contribution in [3.05, 3.63) is 128 Å². The minimum atomic E-state index is -0.861. The van der Waals surface area contributed by atoms with Gasteiger partial charge in [0.25, 0.3) is 11.8 Å². The van der Waals surface area contributed by atoms with Crippen molar-refractivity contribution in [3.8, 4) is 11.5 Å². The number of hydrogen-bond acceptors (Lipinski definition) is 5. The minimum Gasteiger partial charge on any atom is -0.489 e. The predicted molar refractivity (Wildman–Crippen MR) is 161 cm³/mol. The molecule has 1 fully saturated rings. The van der Waals surface area contributed by atoms with E-state index < -0.39 is 17.8 Å². The monoisotopic (exact) mass is 650 g/mol. The fourth-order valence-corrected chi connectivity index (χ4v) is 4.66. The molecule has 5 rings (SSSR count). The fourth-order valence-electron chi connectivity index (χ4n) is 4.02. The Morgan fingerprint density at radius 1 is 0.829 bits per heavy atom. The Hall–Kier alpha value is -4.11. The lowest BCUT2D eigenvalue weighted by atomic mass is 10.1. The molecule has 0 unspecified atom stereocenters. The molecule has 206 valence electrons. The number of halogens is 3. The summed E-state index contributed by atoms with van der Waals surface area (Å²) < 4.78 is 12.7. The SMILES string of the molecule is O=C1NC(=O)N(c2ccc(OCc3ccccc3Cl)cc2)C(=O)/C1=C/c1cc(Cl)ccc1OCc1ccc(Br)cc1. The molecule has 0 spiro atoms. The molecular weight excluding hydrogens is 631 g/mol. The van der Waals surface area contributed by atoms with Gasteiger partial charge in [-0.3, -0.25) is 14.9 Å². The smallest absolute Gasteiger partial charge is 0.335 e. The van der Waals surface area contributed by atoms with Crippen molar-refractivity contribution in [1.29, 1.82) is 0 Å². The Kier molecular flexibility index (Phi) is 8.73. The molecule has 1 saturated heterocycles. The lowest BCUT2D eigenvalue weighted by Crippen LogP contribution is -2.54. The van der Waals surface area contributed by atoms with E-state index in [1.165, 1.54) is 6.08 Å². The third-order valence-electron chi connectivity index (χ3n) is 6.13. The highest BCUT2D eigenvalue weighted by atomic mass is 79.9. The number of hydrogen-bond donors (Lipinski definition) is 1. The molecule has 10 heteroatoms. The van der Waals surface area contributed by atoms with Gasteiger partial charge in [-0.15, -0.1) is 0 Å². The van der Waals surface area contributed by atoms with Gasteiger partial charge in [-0.1, -0.05) is 69.5 Å². The molecule has 0 aliphatic carbocycles. The van der Waals surface area contributed by atoms with Crippen LogP contribution in [-0.4, -0.2) is 17.8 Å². The molecule has 4 amide bonds. The van der Waals surface area contributed by atoms with Gasteiger partial charge in [0.2, 0.25) is 0 Å². The molecule has 4 aromatic rings. The van der Waals surface area contributed by atoms with Crippen molar-refractivity contribution < 1.29 is 23.9 Å². The first-order chi connectivity index (χ1) is 19.8. The number of nitrogens with zero attached hydrogens (tertiary/aromatic N) is 1. The van der Waals surface area contributed by atoms with E-state index in [1.807, 2.05) is 42.5 Å². The van der Waals surface area contributed by atoms with Crippen LogP contribution in [0.25, 0.3) is 6.08 Å². The summed E-state index contributed by atoms with van der Waals surface area (Å²) in [4.78, 5) is 39.8. The standard InChI is InChI=1S/C31H21BrCl2N2O5/c32-22-7-5-19(6-8-22)17-41-28-14-9-23(33)15-21(28)16-26-29(37)35-31(39)36(30(26)38)24-10-12-25(13-11-24)40-18-20-3-1-2-4-27(20)34/h1-16H,17-18H2,(H,35,37,39)/b26-16+. The second kappa shape index (κ2) is 12.6. The van der Waals surface area contributed by atoms with Crippen LogP contribution in [0, 0.1) is 0 Å². The largest absolute Gasteiger partial charge is 0.489 e. The van der Waals surface area contributed by atoms with Gasteiger partial charge >= 0.3 is 6.03 Å². The third-order valence-corrected chi connectivity index (χ3v) is 7.26. The maximum atomic E-state index is 13.4. The molecule has 1 aliphatic heterocycles. The maximum Gasteiger partial charge on any atom is 0.335 e. The van der Waals surface area contributed by atoms with Crippen LogP contribution in [0.15, 0.2) is 101 Å². The van der Waals surface area contributed by atoms with Gasteiger partial charge in [0.1, 0.15) is 30.3 Å². The number of anilines is 1.